The number of imide groups is 1. The maximum Gasteiger partial charge on any atom is 0.325 e. The van der Waals surface area contributed by atoms with E-state index in [1.54, 1.807) is 19.1 Å². The van der Waals surface area contributed by atoms with E-state index in [1.807, 2.05) is 12.3 Å². The number of hydrogen-bond donors (Lipinski definition) is 1. The molecule has 0 bridgehead atoms. The lowest BCUT2D eigenvalue weighted by molar-refractivity contribution is -0.132. The van der Waals surface area contributed by atoms with Gasteiger partial charge in [-0.15, -0.1) is 11.3 Å². The molecule has 1 atom stereocenters. The van der Waals surface area contributed by atoms with E-state index in [2.05, 4.69) is 10.3 Å². The number of carbonyl (C=O) groups excluding carboxylic acids is 2. The Hall–Kier alpha value is -2.15. The van der Waals surface area contributed by atoms with Crippen molar-refractivity contribution < 1.29 is 14.0 Å². The summed E-state index contributed by atoms with van der Waals surface area (Å²) < 4.78 is 5.28. The molecule has 2 aromatic rings. The topological polar surface area (TPSA) is 75.4 Å². The SMILES string of the molecule is CCc1nc(CN2C(=O)NC(C)(c3ccco3)C2=O)cs1. The van der Waals surface area contributed by atoms with Crippen LogP contribution in [0.2, 0.25) is 0 Å². The summed E-state index contributed by atoms with van der Waals surface area (Å²) in [6.45, 7) is 3.84. The minimum atomic E-state index is -1.15. The van der Waals surface area contributed by atoms with Crippen LogP contribution in [0.25, 0.3) is 0 Å². The van der Waals surface area contributed by atoms with E-state index >= 15 is 0 Å². The van der Waals surface area contributed by atoms with E-state index in [0.717, 1.165) is 17.1 Å². The quantitative estimate of drug-likeness (QED) is 0.879. The first-order chi connectivity index (χ1) is 10.0. The number of aromatic nitrogens is 1. The molecule has 0 radical (unpaired) electrons. The van der Waals surface area contributed by atoms with Crippen molar-refractivity contribution in [2.24, 2.45) is 0 Å². The lowest BCUT2D eigenvalue weighted by Gasteiger charge is -2.18. The molecule has 2 aromatic heterocycles. The standard InChI is InChI=1S/C14H15N3O3S/c1-3-11-15-9(8-21-11)7-17-12(18)14(2,16-13(17)19)10-5-4-6-20-10/h4-6,8H,3,7H2,1-2H3,(H,16,19). The Kier molecular flexibility index (Phi) is 3.29. The molecule has 0 aliphatic carbocycles. The van der Waals surface area contributed by atoms with Crippen LogP contribution in [0.1, 0.15) is 30.3 Å². The fraction of sp³-hybridized carbons (Fsp3) is 0.357. The Morgan fingerprint density at radius 2 is 2.29 bits per heavy atom. The highest BCUT2D eigenvalue weighted by atomic mass is 32.1. The van der Waals surface area contributed by atoms with E-state index in [-0.39, 0.29) is 12.5 Å². The number of nitrogens with one attached hydrogen (secondary N) is 1. The Bertz CT molecular complexity index is 679. The highest BCUT2D eigenvalue weighted by Crippen LogP contribution is 2.30. The average Bonchev–Trinajstić information content (AvgIpc) is 3.17. The van der Waals surface area contributed by atoms with Crippen molar-refractivity contribution >= 4 is 23.3 Å². The molecule has 1 aliphatic heterocycles. The lowest BCUT2D eigenvalue weighted by Crippen LogP contribution is -2.40. The zero-order chi connectivity index (χ0) is 15.0. The summed E-state index contributed by atoms with van der Waals surface area (Å²) in [4.78, 5) is 30.2. The average molecular weight is 305 g/mol. The van der Waals surface area contributed by atoms with Crippen LogP contribution in [0.15, 0.2) is 28.2 Å². The lowest BCUT2D eigenvalue weighted by atomic mass is 9.99. The van der Waals surface area contributed by atoms with Crippen LogP contribution in [-0.2, 0) is 23.3 Å². The van der Waals surface area contributed by atoms with Crippen LogP contribution in [0.3, 0.4) is 0 Å². The van der Waals surface area contributed by atoms with Gasteiger partial charge in [0.1, 0.15) is 5.76 Å². The predicted molar refractivity (Wildman–Crippen MR) is 76.6 cm³/mol. The van der Waals surface area contributed by atoms with Gasteiger partial charge in [-0.1, -0.05) is 6.92 Å². The summed E-state index contributed by atoms with van der Waals surface area (Å²) in [6, 6.07) is 2.95. The van der Waals surface area contributed by atoms with Crippen LogP contribution in [-0.4, -0.2) is 21.8 Å². The molecule has 6 nitrogen and oxygen atoms in total. The summed E-state index contributed by atoms with van der Waals surface area (Å²) in [5, 5.41) is 5.56. The van der Waals surface area contributed by atoms with Crippen molar-refractivity contribution in [2.75, 3.05) is 0 Å². The molecule has 1 fully saturated rings. The minimum Gasteiger partial charge on any atom is -0.466 e. The molecule has 0 saturated carbocycles. The Morgan fingerprint density at radius 1 is 1.48 bits per heavy atom. The summed E-state index contributed by atoms with van der Waals surface area (Å²) in [5.41, 5.74) is -0.423. The number of carbonyl (C=O) groups is 2. The molecule has 1 unspecified atom stereocenters. The van der Waals surface area contributed by atoms with Gasteiger partial charge in [0.2, 0.25) is 0 Å². The Balaban J connectivity index is 1.84. The minimum absolute atomic E-state index is 0.178. The zero-order valence-electron chi connectivity index (χ0n) is 11.8. The van der Waals surface area contributed by atoms with Crippen LogP contribution in [0.5, 0.6) is 0 Å². The highest BCUT2D eigenvalue weighted by molar-refractivity contribution is 7.09. The number of nitrogens with zero attached hydrogens (tertiary/aromatic N) is 2. The van der Waals surface area contributed by atoms with Crippen molar-refractivity contribution in [1.82, 2.24) is 15.2 Å². The largest absolute Gasteiger partial charge is 0.466 e. The zero-order valence-corrected chi connectivity index (χ0v) is 12.6. The molecule has 1 N–H and O–H groups in total. The van der Waals surface area contributed by atoms with Crippen LogP contribution in [0.4, 0.5) is 4.79 Å². The second-order valence-corrected chi connectivity index (χ2v) is 5.95. The van der Waals surface area contributed by atoms with Gasteiger partial charge in [-0.2, -0.15) is 0 Å². The summed E-state index contributed by atoms with van der Waals surface area (Å²) in [5.74, 6) is 0.101. The molecule has 0 spiro atoms. The third kappa shape index (κ3) is 2.23. The van der Waals surface area contributed by atoms with E-state index in [1.165, 1.54) is 22.5 Å². The number of urea groups is 1. The van der Waals surface area contributed by atoms with Gasteiger partial charge in [-0.25, -0.2) is 9.78 Å². The summed E-state index contributed by atoms with van der Waals surface area (Å²) in [6.07, 6.45) is 2.32. The van der Waals surface area contributed by atoms with E-state index in [9.17, 15) is 9.59 Å². The van der Waals surface area contributed by atoms with Gasteiger partial charge in [0, 0.05) is 5.38 Å². The Morgan fingerprint density at radius 3 is 2.90 bits per heavy atom. The van der Waals surface area contributed by atoms with Gasteiger partial charge in [0.05, 0.1) is 23.5 Å². The first-order valence-corrected chi connectivity index (χ1v) is 7.54. The van der Waals surface area contributed by atoms with Crippen LogP contribution >= 0.6 is 11.3 Å². The first-order valence-electron chi connectivity index (χ1n) is 6.66. The van der Waals surface area contributed by atoms with Gasteiger partial charge >= 0.3 is 6.03 Å². The predicted octanol–water partition coefficient (Wildman–Crippen LogP) is 2.27. The molecule has 1 saturated heterocycles. The molecular weight excluding hydrogens is 290 g/mol. The van der Waals surface area contributed by atoms with Gasteiger partial charge in [0.15, 0.2) is 5.54 Å². The number of thiazole rings is 1. The third-order valence-corrected chi connectivity index (χ3v) is 4.55. The molecule has 0 aromatic carbocycles. The van der Waals surface area contributed by atoms with Crippen molar-refractivity contribution in [3.05, 3.63) is 40.2 Å². The second-order valence-electron chi connectivity index (χ2n) is 5.01. The molecular formula is C14H15N3O3S. The van der Waals surface area contributed by atoms with Crippen molar-refractivity contribution in [1.29, 1.82) is 0 Å². The van der Waals surface area contributed by atoms with Crippen LogP contribution < -0.4 is 5.32 Å². The summed E-state index contributed by atoms with van der Waals surface area (Å²) in [7, 11) is 0. The number of rotatable bonds is 4. The molecule has 110 valence electrons. The molecule has 7 heteroatoms. The number of aryl methyl sites for hydroxylation is 1. The first kappa shape index (κ1) is 13.8. The maximum absolute atomic E-state index is 12.6. The number of amides is 3. The normalized spacial score (nSPS) is 21.9. The van der Waals surface area contributed by atoms with Crippen molar-refractivity contribution in [2.45, 2.75) is 32.4 Å². The van der Waals surface area contributed by atoms with Gasteiger partial charge in [-0.05, 0) is 25.5 Å². The van der Waals surface area contributed by atoms with Gasteiger partial charge in [0.25, 0.3) is 5.91 Å². The van der Waals surface area contributed by atoms with E-state index in [0.29, 0.717) is 5.76 Å². The van der Waals surface area contributed by atoms with Gasteiger partial charge < -0.3 is 9.73 Å². The molecule has 3 amide bonds. The van der Waals surface area contributed by atoms with Crippen LogP contribution in [0, 0.1) is 0 Å². The molecule has 1 aliphatic rings. The third-order valence-electron chi connectivity index (χ3n) is 3.51. The fourth-order valence-corrected chi connectivity index (χ4v) is 3.05. The summed E-state index contributed by atoms with van der Waals surface area (Å²) >= 11 is 1.53. The Labute approximate surface area is 125 Å². The highest BCUT2D eigenvalue weighted by Gasteiger charge is 2.51. The van der Waals surface area contributed by atoms with E-state index in [4.69, 9.17) is 4.42 Å². The number of furan rings is 1. The molecule has 21 heavy (non-hydrogen) atoms. The maximum atomic E-state index is 12.6. The monoisotopic (exact) mass is 305 g/mol. The molecule has 3 heterocycles. The van der Waals surface area contributed by atoms with Gasteiger partial charge in [-0.3, -0.25) is 9.69 Å². The smallest absolute Gasteiger partial charge is 0.325 e. The second kappa shape index (κ2) is 5.00. The van der Waals surface area contributed by atoms with Crippen molar-refractivity contribution in [3.63, 3.8) is 0 Å². The van der Waals surface area contributed by atoms with E-state index < -0.39 is 11.6 Å². The van der Waals surface area contributed by atoms with Crippen molar-refractivity contribution in [3.8, 4) is 0 Å². The molecule has 3 rings (SSSR count). The fourth-order valence-electron chi connectivity index (χ4n) is 2.32. The number of hydrogen-bond acceptors (Lipinski definition) is 5.